The molecule has 0 bridgehead atoms. The highest BCUT2D eigenvalue weighted by Gasteiger charge is 2.20. The van der Waals surface area contributed by atoms with Gasteiger partial charge in [-0.05, 0) is 44.5 Å². The third kappa shape index (κ3) is 4.83. The first-order valence-corrected chi connectivity index (χ1v) is 10.3. The van der Waals surface area contributed by atoms with Crippen molar-refractivity contribution in [3.63, 3.8) is 0 Å². The molecule has 0 saturated heterocycles. The fourth-order valence-electron chi connectivity index (χ4n) is 3.53. The van der Waals surface area contributed by atoms with Crippen molar-refractivity contribution < 1.29 is 19.4 Å². The first kappa shape index (κ1) is 21.9. The number of fused-ring (bicyclic) bond motifs is 1. The Morgan fingerprint density at radius 2 is 1.93 bits per heavy atom. The maximum Gasteiger partial charge on any atom is 0.340 e. The summed E-state index contributed by atoms with van der Waals surface area (Å²) in [5, 5.41) is 14.4. The number of aromatic nitrogens is 1. The first-order valence-electron chi connectivity index (χ1n) is 10.3. The van der Waals surface area contributed by atoms with Gasteiger partial charge in [0, 0.05) is 36.2 Å². The predicted molar refractivity (Wildman–Crippen MR) is 118 cm³/mol. The van der Waals surface area contributed by atoms with Gasteiger partial charge < -0.3 is 24.5 Å². The van der Waals surface area contributed by atoms with Crippen molar-refractivity contribution >= 4 is 16.9 Å². The largest absolute Gasteiger partial charge is 0.491 e. The average molecular weight is 411 g/mol. The number of aliphatic hydroxyl groups excluding tert-OH is 1. The number of hydrogen-bond donors (Lipinski definition) is 2. The van der Waals surface area contributed by atoms with E-state index < -0.39 is 6.10 Å². The average Bonchev–Trinajstić information content (AvgIpc) is 3.01. The van der Waals surface area contributed by atoms with Crippen molar-refractivity contribution in [3.05, 3.63) is 65.4 Å². The molecule has 2 N–H and O–H groups in total. The van der Waals surface area contributed by atoms with Gasteiger partial charge in [0.25, 0.3) is 0 Å². The lowest BCUT2D eigenvalue weighted by molar-refractivity contribution is 0.0527. The number of aliphatic hydroxyl groups is 1. The Labute approximate surface area is 177 Å². The Hall–Kier alpha value is -2.83. The molecule has 30 heavy (non-hydrogen) atoms. The van der Waals surface area contributed by atoms with Crippen LogP contribution in [0, 0.1) is 6.92 Å². The highest BCUT2D eigenvalue weighted by atomic mass is 16.5. The molecule has 3 aromatic rings. The van der Waals surface area contributed by atoms with E-state index >= 15 is 0 Å². The first-order chi connectivity index (χ1) is 14.4. The molecule has 0 unspecified atom stereocenters. The summed E-state index contributed by atoms with van der Waals surface area (Å²) in [4.78, 5) is 12.4. The third-order valence-corrected chi connectivity index (χ3v) is 5.34. The molecule has 2 atom stereocenters. The summed E-state index contributed by atoms with van der Waals surface area (Å²) >= 11 is 0. The molecule has 0 radical (unpaired) electrons. The van der Waals surface area contributed by atoms with Crippen molar-refractivity contribution in [2.75, 3.05) is 19.8 Å². The molecule has 0 aliphatic rings. The highest BCUT2D eigenvalue weighted by molar-refractivity contribution is 6.06. The van der Waals surface area contributed by atoms with E-state index in [1.807, 2.05) is 54.9 Å². The minimum atomic E-state index is -0.658. The molecule has 0 amide bonds. The molecule has 6 nitrogen and oxygen atoms in total. The van der Waals surface area contributed by atoms with Crippen LogP contribution in [0.4, 0.5) is 0 Å². The van der Waals surface area contributed by atoms with Gasteiger partial charge >= 0.3 is 5.97 Å². The van der Waals surface area contributed by atoms with Gasteiger partial charge in [0.15, 0.2) is 0 Å². The van der Waals surface area contributed by atoms with Crippen LogP contribution in [0.3, 0.4) is 0 Å². The molecule has 0 aliphatic carbocycles. The molecule has 0 fully saturated rings. The monoisotopic (exact) mass is 410 g/mol. The second-order valence-corrected chi connectivity index (χ2v) is 7.42. The zero-order chi connectivity index (χ0) is 21.7. The Balaban J connectivity index is 1.64. The lowest BCUT2D eigenvalue weighted by atomic mass is 10.1. The number of nitrogens with zero attached hydrogens (tertiary/aromatic N) is 1. The highest BCUT2D eigenvalue weighted by Crippen LogP contribution is 2.29. The fourth-order valence-corrected chi connectivity index (χ4v) is 3.53. The summed E-state index contributed by atoms with van der Waals surface area (Å²) in [5.74, 6) is 0.269. The maximum atomic E-state index is 12.4. The normalized spacial score (nSPS) is 13.2. The van der Waals surface area contributed by atoms with Crippen LogP contribution in [0.15, 0.2) is 48.5 Å². The molecular weight excluding hydrogens is 380 g/mol. The number of rotatable bonds is 9. The van der Waals surface area contributed by atoms with Crippen molar-refractivity contribution in [3.8, 4) is 5.75 Å². The van der Waals surface area contributed by atoms with Crippen LogP contribution in [0.2, 0.25) is 0 Å². The van der Waals surface area contributed by atoms with Crippen LogP contribution >= 0.6 is 0 Å². The SMILES string of the molecule is CCOC(=O)c1c(C)n(C)c2ccc(OC[C@@H](O)CN[C@@H](C)c3ccccc3)cc12. The summed E-state index contributed by atoms with van der Waals surface area (Å²) in [7, 11) is 1.92. The molecular formula is C24H30N2O4. The van der Waals surface area contributed by atoms with Crippen molar-refractivity contribution in [1.82, 2.24) is 9.88 Å². The molecule has 2 aromatic carbocycles. The maximum absolute atomic E-state index is 12.4. The predicted octanol–water partition coefficient (Wildman–Crippen LogP) is 3.75. The van der Waals surface area contributed by atoms with Gasteiger partial charge in [-0.15, -0.1) is 0 Å². The number of aryl methyl sites for hydroxylation is 1. The molecule has 0 saturated carbocycles. The van der Waals surface area contributed by atoms with Crippen LogP contribution in [-0.2, 0) is 11.8 Å². The molecule has 0 aliphatic heterocycles. The molecule has 1 heterocycles. The second kappa shape index (κ2) is 9.78. The Kier molecular flexibility index (Phi) is 7.13. The summed E-state index contributed by atoms with van der Waals surface area (Å²) < 4.78 is 13.0. The number of carbonyl (C=O) groups is 1. The lowest BCUT2D eigenvalue weighted by Gasteiger charge is -2.18. The Morgan fingerprint density at radius 1 is 1.20 bits per heavy atom. The zero-order valence-corrected chi connectivity index (χ0v) is 18.0. The molecule has 3 rings (SSSR count). The van der Waals surface area contributed by atoms with E-state index in [4.69, 9.17) is 9.47 Å². The number of carbonyl (C=O) groups excluding carboxylic acids is 1. The van der Waals surface area contributed by atoms with E-state index in [0.717, 1.165) is 16.6 Å². The van der Waals surface area contributed by atoms with Crippen molar-refractivity contribution in [1.29, 1.82) is 0 Å². The van der Waals surface area contributed by atoms with Crippen LogP contribution in [0.25, 0.3) is 10.9 Å². The number of nitrogens with one attached hydrogen (secondary N) is 1. The molecule has 1 aromatic heterocycles. The smallest absolute Gasteiger partial charge is 0.340 e. The topological polar surface area (TPSA) is 72.7 Å². The third-order valence-electron chi connectivity index (χ3n) is 5.34. The van der Waals surface area contributed by atoms with Crippen LogP contribution in [0.1, 0.15) is 41.5 Å². The minimum Gasteiger partial charge on any atom is -0.491 e. The quantitative estimate of drug-likeness (QED) is 0.526. The van der Waals surface area contributed by atoms with Gasteiger partial charge in [0.1, 0.15) is 18.5 Å². The van der Waals surface area contributed by atoms with E-state index in [1.165, 1.54) is 5.56 Å². The van der Waals surface area contributed by atoms with Gasteiger partial charge in [-0.25, -0.2) is 4.79 Å². The van der Waals surface area contributed by atoms with Gasteiger partial charge in [-0.3, -0.25) is 0 Å². The summed E-state index contributed by atoms with van der Waals surface area (Å²) in [6.45, 7) is 6.64. The summed E-state index contributed by atoms with van der Waals surface area (Å²) in [6.07, 6.45) is -0.658. The summed E-state index contributed by atoms with van der Waals surface area (Å²) in [6, 6.07) is 15.8. The van der Waals surface area contributed by atoms with Crippen molar-refractivity contribution in [2.45, 2.75) is 32.9 Å². The fraction of sp³-hybridized carbons (Fsp3) is 0.375. The van der Waals surface area contributed by atoms with E-state index in [0.29, 0.717) is 24.5 Å². The summed E-state index contributed by atoms with van der Waals surface area (Å²) in [5.41, 5.74) is 3.50. The van der Waals surface area contributed by atoms with Crippen LogP contribution in [-0.4, -0.2) is 41.5 Å². The number of esters is 1. The van der Waals surface area contributed by atoms with Gasteiger partial charge in [0.2, 0.25) is 0 Å². The number of benzene rings is 2. The Morgan fingerprint density at radius 3 is 2.63 bits per heavy atom. The number of hydrogen-bond acceptors (Lipinski definition) is 5. The van der Waals surface area contributed by atoms with Crippen LogP contribution < -0.4 is 10.1 Å². The standard InChI is InChI=1S/C24H30N2O4/c1-5-29-24(28)23-17(3)26(4)22-12-11-20(13-21(22)23)30-15-19(27)14-25-16(2)18-9-7-6-8-10-18/h6-13,16,19,25,27H,5,14-15H2,1-4H3/t16-,19-/m0/s1. The molecule has 160 valence electrons. The van der Waals surface area contributed by atoms with Crippen LogP contribution in [0.5, 0.6) is 5.75 Å². The van der Waals surface area contributed by atoms with Gasteiger partial charge in [0.05, 0.1) is 12.2 Å². The van der Waals surface area contributed by atoms with Gasteiger partial charge in [-0.2, -0.15) is 0 Å². The van der Waals surface area contributed by atoms with Crippen molar-refractivity contribution in [2.24, 2.45) is 7.05 Å². The molecule has 6 heteroatoms. The number of ether oxygens (including phenoxy) is 2. The van der Waals surface area contributed by atoms with Gasteiger partial charge in [-0.1, -0.05) is 30.3 Å². The molecule has 0 spiro atoms. The second-order valence-electron chi connectivity index (χ2n) is 7.42. The lowest BCUT2D eigenvalue weighted by Crippen LogP contribution is -2.33. The van der Waals surface area contributed by atoms with E-state index in [1.54, 1.807) is 6.92 Å². The van der Waals surface area contributed by atoms with E-state index in [9.17, 15) is 9.90 Å². The zero-order valence-electron chi connectivity index (χ0n) is 18.0. The van der Waals surface area contributed by atoms with E-state index in [-0.39, 0.29) is 18.6 Å². The van der Waals surface area contributed by atoms with E-state index in [2.05, 4.69) is 24.4 Å². The Bertz CT molecular complexity index is 997. The minimum absolute atomic E-state index is 0.136.